The van der Waals surface area contributed by atoms with Gasteiger partial charge >= 0.3 is 0 Å². The third-order valence-corrected chi connectivity index (χ3v) is 3.86. The lowest BCUT2D eigenvalue weighted by Gasteiger charge is -2.21. The molecule has 2 aromatic heterocycles. The minimum Gasteiger partial charge on any atom is -0.495 e. The molecule has 0 spiro atoms. The van der Waals surface area contributed by atoms with Gasteiger partial charge in [-0.25, -0.2) is 0 Å². The van der Waals surface area contributed by atoms with Crippen molar-refractivity contribution < 1.29 is 9.53 Å². The van der Waals surface area contributed by atoms with E-state index in [0.717, 1.165) is 36.2 Å². The number of fused-ring (bicyclic) bond motifs is 1. The zero-order valence-corrected chi connectivity index (χ0v) is 11.9. The number of ether oxygens (including phenoxy) is 1. The Balaban J connectivity index is 1.68. The second-order valence-corrected chi connectivity index (χ2v) is 5.12. The zero-order valence-electron chi connectivity index (χ0n) is 11.9. The largest absolute Gasteiger partial charge is 0.495 e. The van der Waals surface area contributed by atoms with E-state index in [4.69, 9.17) is 4.74 Å². The van der Waals surface area contributed by atoms with Gasteiger partial charge in [-0.2, -0.15) is 5.10 Å². The molecule has 0 aliphatic heterocycles. The van der Waals surface area contributed by atoms with Crippen LogP contribution in [-0.4, -0.2) is 28.2 Å². The molecule has 6 nitrogen and oxygen atoms in total. The predicted octanol–water partition coefficient (Wildman–Crippen LogP) is 1.55. The summed E-state index contributed by atoms with van der Waals surface area (Å²) >= 11 is 0. The summed E-state index contributed by atoms with van der Waals surface area (Å²) in [5.74, 6) is 0.581. The van der Waals surface area contributed by atoms with Crippen molar-refractivity contribution in [2.24, 2.45) is 0 Å². The Kier molecular flexibility index (Phi) is 3.85. The number of hydrogen-bond donors (Lipinski definition) is 2. The van der Waals surface area contributed by atoms with Crippen molar-refractivity contribution in [2.75, 3.05) is 7.11 Å². The Hall–Kier alpha value is -2.37. The van der Waals surface area contributed by atoms with Crippen LogP contribution in [0.1, 0.15) is 35.7 Å². The van der Waals surface area contributed by atoms with Crippen molar-refractivity contribution in [2.45, 2.75) is 31.7 Å². The summed E-state index contributed by atoms with van der Waals surface area (Å²) in [6.45, 7) is 0.368. The molecule has 1 aliphatic rings. The number of nitrogens with zero attached hydrogens (tertiary/aromatic N) is 2. The summed E-state index contributed by atoms with van der Waals surface area (Å²) in [4.78, 5) is 16.7. The van der Waals surface area contributed by atoms with Crippen LogP contribution in [0.25, 0.3) is 0 Å². The van der Waals surface area contributed by atoms with Gasteiger partial charge in [-0.1, -0.05) is 0 Å². The highest BCUT2D eigenvalue weighted by Crippen LogP contribution is 2.30. The Labute approximate surface area is 122 Å². The van der Waals surface area contributed by atoms with E-state index in [-0.39, 0.29) is 11.8 Å². The second kappa shape index (κ2) is 5.95. The van der Waals surface area contributed by atoms with Gasteiger partial charge in [-0.15, -0.1) is 0 Å². The van der Waals surface area contributed by atoms with Crippen molar-refractivity contribution in [1.29, 1.82) is 0 Å². The van der Waals surface area contributed by atoms with Gasteiger partial charge in [0, 0.05) is 17.5 Å². The first-order valence-corrected chi connectivity index (χ1v) is 7.07. The average molecular weight is 286 g/mol. The number of amides is 1. The molecule has 2 N–H and O–H groups in total. The highest BCUT2D eigenvalue weighted by atomic mass is 16.5. The van der Waals surface area contributed by atoms with Gasteiger partial charge in [0.15, 0.2) is 0 Å². The first-order chi connectivity index (χ1) is 10.3. The molecule has 0 unspecified atom stereocenters. The number of pyridine rings is 1. The van der Waals surface area contributed by atoms with Gasteiger partial charge in [0.25, 0.3) is 0 Å². The molecule has 0 saturated carbocycles. The Morgan fingerprint density at radius 1 is 1.57 bits per heavy atom. The maximum absolute atomic E-state index is 12.4. The van der Waals surface area contributed by atoms with E-state index in [2.05, 4.69) is 20.5 Å². The van der Waals surface area contributed by atoms with Gasteiger partial charge in [0.1, 0.15) is 11.4 Å². The van der Waals surface area contributed by atoms with Crippen molar-refractivity contribution in [3.05, 3.63) is 41.5 Å². The minimum atomic E-state index is -0.123. The van der Waals surface area contributed by atoms with Gasteiger partial charge in [0.2, 0.25) is 5.91 Å². The van der Waals surface area contributed by atoms with E-state index >= 15 is 0 Å². The minimum absolute atomic E-state index is 0.0186. The third-order valence-electron chi connectivity index (χ3n) is 3.86. The number of aromatic amines is 1. The first kappa shape index (κ1) is 13.6. The summed E-state index contributed by atoms with van der Waals surface area (Å²) in [5, 5.41) is 9.97. The number of hydrogen-bond acceptors (Lipinski definition) is 4. The lowest BCUT2D eigenvalue weighted by atomic mass is 9.86. The van der Waals surface area contributed by atoms with E-state index in [1.807, 2.05) is 12.1 Å². The molecular weight excluding hydrogens is 268 g/mol. The van der Waals surface area contributed by atoms with Crippen LogP contribution in [0.5, 0.6) is 5.75 Å². The molecule has 0 bridgehead atoms. The summed E-state index contributed by atoms with van der Waals surface area (Å²) in [6.07, 6.45) is 6.28. The van der Waals surface area contributed by atoms with E-state index in [0.29, 0.717) is 12.3 Å². The zero-order chi connectivity index (χ0) is 14.7. The quantitative estimate of drug-likeness (QED) is 0.893. The summed E-state index contributed by atoms with van der Waals surface area (Å²) in [6, 6.07) is 3.65. The smallest absolute Gasteiger partial charge is 0.227 e. The molecule has 0 radical (unpaired) electrons. The Morgan fingerprint density at radius 2 is 2.48 bits per heavy atom. The highest BCUT2D eigenvalue weighted by molar-refractivity contribution is 5.84. The maximum atomic E-state index is 12.4. The molecule has 2 aromatic rings. The topological polar surface area (TPSA) is 79.9 Å². The van der Waals surface area contributed by atoms with E-state index < -0.39 is 0 Å². The monoisotopic (exact) mass is 286 g/mol. The predicted molar refractivity (Wildman–Crippen MR) is 76.9 cm³/mol. The number of H-pyrrole nitrogens is 1. The van der Waals surface area contributed by atoms with Crippen molar-refractivity contribution in [3.8, 4) is 5.75 Å². The summed E-state index contributed by atoms with van der Waals surface area (Å²) < 4.78 is 5.24. The molecule has 3 rings (SSSR count). The van der Waals surface area contributed by atoms with Crippen LogP contribution >= 0.6 is 0 Å². The van der Waals surface area contributed by atoms with Gasteiger partial charge in [-0.3, -0.25) is 14.9 Å². The van der Waals surface area contributed by atoms with E-state index in [1.54, 1.807) is 19.5 Å². The number of carbonyl (C=O) groups excluding carboxylic acids is 1. The first-order valence-electron chi connectivity index (χ1n) is 7.07. The summed E-state index contributed by atoms with van der Waals surface area (Å²) in [7, 11) is 1.60. The third kappa shape index (κ3) is 2.74. The van der Waals surface area contributed by atoms with Crippen LogP contribution in [-0.2, 0) is 17.8 Å². The number of aryl methyl sites for hydroxylation is 1. The maximum Gasteiger partial charge on any atom is 0.227 e. The fourth-order valence-corrected chi connectivity index (χ4v) is 2.77. The Morgan fingerprint density at radius 3 is 3.33 bits per heavy atom. The molecule has 21 heavy (non-hydrogen) atoms. The van der Waals surface area contributed by atoms with Crippen LogP contribution in [0.4, 0.5) is 0 Å². The highest BCUT2D eigenvalue weighted by Gasteiger charge is 2.27. The number of nitrogens with one attached hydrogen (secondary N) is 2. The van der Waals surface area contributed by atoms with Crippen LogP contribution in [0.15, 0.2) is 24.5 Å². The van der Waals surface area contributed by atoms with Crippen molar-refractivity contribution in [1.82, 2.24) is 20.5 Å². The van der Waals surface area contributed by atoms with Gasteiger partial charge in [-0.05, 0) is 31.4 Å². The molecule has 0 aromatic carbocycles. The molecule has 1 atom stereocenters. The van der Waals surface area contributed by atoms with Gasteiger partial charge in [0.05, 0.1) is 25.8 Å². The molecule has 1 aliphatic carbocycles. The fourth-order valence-electron chi connectivity index (χ4n) is 2.77. The van der Waals surface area contributed by atoms with Gasteiger partial charge < -0.3 is 10.1 Å². The molecule has 110 valence electrons. The molecule has 2 heterocycles. The normalized spacial score (nSPS) is 17.1. The summed E-state index contributed by atoms with van der Waals surface area (Å²) in [5.41, 5.74) is 2.83. The molecule has 1 amide bonds. The number of rotatable bonds is 4. The van der Waals surface area contributed by atoms with Crippen LogP contribution in [0.2, 0.25) is 0 Å². The molecule has 0 saturated heterocycles. The second-order valence-electron chi connectivity index (χ2n) is 5.12. The van der Waals surface area contributed by atoms with E-state index in [9.17, 15) is 4.79 Å². The number of methoxy groups -OCH3 is 1. The van der Waals surface area contributed by atoms with Crippen LogP contribution in [0, 0.1) is 0 Å². The lowest BCUT2D eigenvalue weighted by molar-refractivity contribution is -0.123. The van der Waals surface area contributed by atoms with E-state index in [1.165, 1.54) is 0 Å². The van der Waals surface area contributed by atoms with Crippen molar-refractivity contribution in [3.63, 3.8) is 0 Å². The fraction of sp³-hybridized carbons (Fsp3) is 0.400. The molecule has 0 fully saturated rings. The lowest BCUT2D eigenvalue weighted by Crippen LogP contribution is -2.31. The number of aromatic nitrogens is 3. The molecule has 6 heteroatoms. The number of carbonyl (C=O) groups is 1. The Bertz CT molecular complexity index is 638. The van der Waals surface area contributed by atoms with Crippen molar-refractivity contribution >= 4 is 5.91 Å². The SMILES string of the molecule is COc1cccnc1CNC(=O)[C@@H]1CCCc2[nH]ncc21. The van der Waals surface area contributed by atoms with Crippen LogP contribution < -0.4 is 10.1 Å². The molecular formula is C15H18N4O2. The standard InChI is InChI=1S/C15H18N4O2/c1-21-14-6-3-7-16-13(14)9-17-15(20)10-4-2-5-12-11(10)8-18-19-12/h3,6-8,10H,2,4-5,9H2,1H3,(H,17,20)(H,18,19)/t10-/m1/s1. The average Bonchev–Trinajstić information content (AvgIpc) is 3.01. The van der Waals surface area contributed by atoms with Crippen LogP contribution in [0.3, 0.4) is 0 Å².